The number of nitrogens with zero attached hydrogens (tertiary/aromatic N) is 3. The molecular weight excluding hydrogens is 426 g/mol. The predicted molar refractivity (Wildman–Crippen MR) is 133 cm³/mol. The van der Waals surface area contributed by atoms with E-state index in [2.05, 4.69) is 40.4 Å². The van der Waals surface area contributed by atoms with Crippen LogP contribution < -0.4 is 5.32 Å². The van der Waals surface area contributed by atoms with Gasteiger partial charge in [0.05, 0.1) is 12.7 Å². The van der Waals surface area contributed by atoms with E-state index in [1.54, 1.807) is 0 Å². The number of benzene rings is 1. The quantitative estimate of drug-likeness (QED) is 0.604. The average Bonchev–Trinajstić information content (AvgIpc) is 3.53. The van der Waals surface area contributed by atoms with Gasteiger partial charge in [-0.15, -0.1) is 0 Å². The number of pyridine rings is 1. The summed E-state index contributed by atoms with van der Waals surface area (Å²) in [5.41, 5.74) is 8.57. The molecule has 3 aliphatic heterocycles. The van der Waals surface area contributed by atoms with Gasteiger partial charge in [0.1, 0.15) is 5.65 Å². The molecule has 7 heteroatoms. The van der Waals surface area contributed by atoms with Crippen LogP contribution in [0.25, 0.3) is 22.2 Å². The molecule has 34 heavy (non-hydrogen) atoms. The number of carbonyl (C=O) groups excluding carboxylic acids is 1. The third-order valence-electron chi connectivity index (χ3n) is 7.67. The molecule has 0 spiro atoms. The average molecular weight is 460 g/mol. The van der Waals surface area contributed by atoms with Crippen molar-refractivity contribution in [1.29, 1.82) is 0 Å². The van der Waals surface area contributed by atoms with Crippen molar-refractivity contribution < 1.29 is 9.53 Å². The third-order valence-corrected chi connectivity index (χ3v) is 7.67. The summed E-state index contributed by atoms with van der Waals surface area (Å²) in [7, 11) is 0. The molecule has 5 heterocycles. The standard InChI is InChI=1S/C27H33N5O2/c1-17-13-29-26-22(17)12-21(14-30-26)20-10-19-5-7-31(27(33)32-8-9-34-18(2)15-32)16-24(19)23(11-20)25-4-3-6-28-25/h10-14,18,25,28H,3-9,15-16H2,1-2H3,(H,29,30)/t18-,25+/m1/s1. The van der Waals surface area contributed by atoms with Gasteiger partial charge in [-0.25, -0.2) is 9.78 Å². The highest BCUT2D eigenvalue weighted by molar-refractivity contribution is 5.84. The molecule has 3 aliphatic rings. The summed E-state index contributed by atoms with van der Waals surface area (Å²) in [5.74, 6) is 0. The molecule has 1 aromatic carbocycles. The van der Waals surface area contributed by atoms with Crippen LogP contribution in [0.1, 0.15) is 48.1 Å². The van der Waals surface area contributed by atoms with Crippen molar-refractivity contribution >= 4 is 17.1 Å². The zero-order valence-corrected chi connectivity index (χ0v) is 20.1. The minimum atomic E-state index is 0.102. The van der Waals surface area contributed by atoms with Gasteiger partial charge in [-0.3, -0.25) is 0 Å². The topological polar surface area (TPSA) is 73.5 Å². The van der Waals surface area contributed by atoms with Gasteiger partial charge in [0.25, 0.3) is 0 Å². The molecule has 178 valence electrons. The first-order valence-electron chi connectivity index (χ1n) is 12.6. The number of aromatic nitrogens is 2. The number of carbonyl (C=O) groups is 1. The maximum atomic E-state index is 13.3. The molecular formula is C27H33N5O2. The van der Waals surface area contributed by atoms with Crippen LogP contribution in [0.4, 0.5) is 4.79 Å². The molecule has 7 nitrogen and oxygen atoms in total. The number of aryl methyl sites for hydroxylation is 1. The van der Waals surface area contributed by atoms with Crippen LogP contribution in [0, 0.1) is 6.92 Å². The molecule has 2 N–H and O–H groups in total. The van der Waals surface area contributed by atoms with Crippen molar-refractivity contribution in [3.63, 3.8) is 0 Å². The number of hydrogen-bond acceptors (Lipinski definition) is 4. The Hall–Kier alpha value is -2.90. The highest BCUT2D eigenvalue weighted by atomic mass is 16.5. The minimum absolute atomic E-state index is 0.102. The number of urea groups is 1. The Morgan fingerprint density at radius 2 is 2.09 bits per heavy atom. The van der Waals surface area contributed by atoms with E-state index in [1.165, 1.54) is 39.6 Å². The van der Waals surface area contributed by atoms with E-state index >= 15 is 0 Å². The number of rotatable bonds is 2. The van der Waals surface area contributed by atoms with Gasteiger partial charge in [0.15, 0.2) is 0 Å². The van der Waals surface area contributed by atoms with Crippen LogP contribution in [0.15, 0.2) is 30.6 Å². The summed E-state index contributed by atoms with van der Waals surface area (Å²) < 4.78 is 5.64. The zero-order valence-electron chi connectivity index (χ0n) is 20.1. The Balaban J connectivity index is 1.35. The number of nitrogens with one attached hydrogen (secondary N) is 2. The second-order valence-corrected chi connectivity index (χ2v) is 10.0. The predicted octanol–water partition coefficient (Wildman–Crippen LogP) is 4.16. The molecule has 2 aromatic heterocycles. The SMILES string of the molecule is Cc1c[nH]c2ncc(-c3cc4c(c([C@@H]5CCCN5)c3)CN(C(=O)N3CCO[C@H](C)C3)CC4)cc12. The summed E-state index contributed by atoms with van der Waals surface area (Å²) in [6.07, 6.45) is 7.30. The van der Waals surface area contributed by atoms with E-state index in [9.17, 15) is 4.79 Å². The highest BCUT2D eigenvalue weighted by Crippen LogP contribution is 2.36. The maximum absolute atomic E-state index is 13.3. The van der Waals surface area contributed by atoms with Crippen LogP contribution in [0.2, 0.25) is 0 Å². The monoisotopic (exact) mass is 459 g/mol. The Bertz CT molecular complexity index is 1230. The van der Waals surface area contributed by atoms with Gasteiger partial charge in [-0.05, 0) is 79.6 Å². The molecule has 2 saturated heterocycles. The molecule has 6 rings (SSSR count). The van der Waals surface area contributed by atoms with E-state index < -0.39 is 0 Å². The van der Waals surface area contributed by atoms with E-state index in [0.29, 0.717) is 32.3 Å². The smallest absolute Gasteiger partial charge is 0.320 e. The lowest BCUT2D eigenvalue weighted by atomic mass is 9.87. The first-order valence-corrected chi connectivity index (χ1v) is 12.6. The van der Waals surface area contributed by atoms with Crippen LogP contribution in [0.3, 0.4) is 0 Å². The zero-order chi connectivity index (χ0) is 23.2. The Labute approximate surface area is 200 Å². The normalized spacial score (nSPS) is 22.9. The second kappa shape index (κ2) is 8.71. The van der Waals surface area contributed by atoms with Crippen LogP contribution in [-0.4, -0.2) is 64.7 Å². The molecule has 2 amide bonds. The van der Waals surface area contributed by atoms with Gasteiger partial charge >= 0.3 is 6.03 Å². The summed E-state index contributed by atoms with van der Waals surface area (Å²) in [5, 5.41) is 4.87. The molecule has 2 atom stereocenters. The fraction of sp³-hybridized carbons (Fsp3) is 0.481. The maximum Gasteiger partial charge on any atom is 0.320 e. The first-order chi connectivity index (χ1) is 16.6. The van der Waals surface area contributed by atoms with E-state index in [0.717, 1.165) is 37.1 Å². The molecule has 0 unspecified atom stereocenters. The van der Waals surface area contributed by atoms with Crippen LogP contribution >= 0.6 is 0 Å². The number of H-pyrrole nitrogens is 1. The van der Waals surface area contributed by atoms with Gasteiger partial charge in [-0.2, -0.15) is 0 Å². The number of ether oxygens (including phenoxy) is 1. The molecule has 3 aromatic rings. The number of fused-ring (bicyclic) bond motifs is 2. The molecule has 0 radical (unpaired) electrons. The molecule has 0 saturated carbocycles. The first kappa shape index (κ1) is 21.6. The summed E-state index contributed by atoms with van der Waals surface area (Å²) in [6, 6.07) is 7.42. The number of amides is 2. The fourth-order valence-corrected chi connectivity index (χ4v) is 5.77. The lowest BCUT2D eigenvalue weighted by Crippen LogP contribution is -2.51. The van der Waals surface area contributed by atoms with Crippen LogP contribution in [0.5, 0.6) is 0 Å². The van der Waals surface area contributed by atoms with Crippen molar-refractivity contribution in [2.75, 3.05) is 32.8 Å². The second-order valence-electron chi connectivity index (χ2n) is 10.0. The van der Waals surface area contributed by atoms with Gasteiger partial charge in [-0.1, -0.05) is 6.07 Å². The Morgan fingerprint density at radius 3 is 2.91 bits per heavy atom. The minimum Gasteiger partial charge on any atom is -0.375 e. The van der Waals surface area contributed by atoms with Gasteiger partial charge in [0, 0.05) is 55.6 Å². The molecule has 2 fully saturated rings. The van der Waals surface area contributed by atoms with E-state index in [-0.39, 0.29) is 12.1 Å². The Kier molecular flexibility index (Phi) is 5.54. The largest absolute Gasteiger partial charge is 0.375 e. The van der Waals surface area contributed by atoms with Crippen molar-refractivity contribution in [2.45, 2.75) is 51.8 Å². The highest BCUT2D eigenvalue weighted by Gasteiger charge is 2.31. The number of aromatic amines is 1. The van der Waals surface area contributed by atoms with Crippen molar-refractivity contribution in [3.8, 4) is 11.1 Å². The van der Waals surface area contributed by atoms with Gasteiger partial charge in [0.2, 0.25) is 0 Å². The van der Waals surface area contributed by atoms with E-state index in [4.69, 9.17) is 4.74 Å². The van der Waals surface area contributed by atoms with Crippen molar-refractivity contribution in [3.05, 3.63) is 52.8 Å². The van der Waals surface area contributed by atoms with Crippen molar-refractivity contribution in [2.24, 2.45) is 0 Å². The number of morpholine rings is 1. The lowest BCUT2D eigenvalue weighted by molar-refractivity contribution is -0.00975. The number of hydrogen-bond donors (Lipinski definition) is 2. The van der Waals surface area contributed by atoms with Crippen LogP contribution in [-0.2, 0) is 17.7 Å². The molecule has 0 aliphatic carbocycles. The molecule has 0 bridgehead atoms. The fourth-order valence-electron chi connectivity index (χ4n) is 5.77. The summed E-state index contributed by atoms with van der Waals surface area (Å²) in [6.45, 7) is 8.62. The lowest BCUT2D eigenvalue weighted by Gasteiger charge is -2.38. The third kappa shape index (κ3) is 3.87. The summed E-state index contributed by atoms with van der Waals surface area (Å²) in [4.78, 5) is 25.2. The Morgan fingerprint density at radius 1 is 1.18 bits per heavy atom. The van der Waals surface area contributed by atoms with E-state index in [1.807, 2.05) is 29.1 Å². The summed E-state index contributed by atoms with van der Waals surface area (Å²) >= 11 is 0. The van der Waals surface area contributed by atoms with Crippen molar-refractivity contribution in [1.82, 2.24) is 25.1 Å². The van der Waals surface area contributed by atoms with Gasteiger partial charge < -0.3 is 24.8 Å².